The monoisotopic (exact) mass is 317 g/mol. The van der Waals surface area contributed by atoms with Gasteiger partial charge in [-0.2, -0.15) is 0 Å². The molecule has 2 rings (SSSR count). The minimum Gasteiger partial charge on any atom is -0.491 e. The fourth-order valence-corrected chi connectivity index (χ4v) is 2.23. The molecule has 0 saturated carbocycles. The van der Waals surface area contributed by atoms with Crippen LogP contribution in [0.2, 0.25) is 5.02 Å². The van der Waals surface area contributed by atoms with Crippen LogP contribution in [0, 0.1) is 0 Å². The highest BCUT2D eigenvalue weighted by atomic mass is 35.5. The van der Waals surface area contributed by atoms with Crippen molar-refractivity contribution < 1.29 is 9.53 Å². The van der Waals surface area contributed by atoms with Crippen molar-refractivity contribution in [2.24, 2.45) is 0 Å². The van der Waals surface area contributed by atoms with Crippen molar-refractivity contribution in [2.75, 3.05) is 7.05 Å². The third kappa shape index (κ3) is 4.50. The first-order chi connectivity index (χ1) is 10.5. The molecule has 2 aromatic carbocycles. The van der Waals surface area contributed by atoms with E-state index >= 15 is 0 Å². The highest BCUT2D eigenvalue weighted by Gasteiger charge is 2.12. The molecule has 0 aliphatic carbocycles. The molecule has 0 heterocycles. The third-order valence-electron chi connectivity index (χ3n) is 3.15. The van der Waals surface area contributed by atoms with Gasteiger partial charge < -0.3 is 9.64 Å². The molecular formula is C18H20ClNO2. The molecule has 0 aliphatic rings. The number of amides is 1. The van der Waals surface area contributed by atoms with Crippen LogP contribution in [0.4, 0.5) is 0 Å². The SMILES string of the molecule is CC(C)Oc1ccc(C(=O)N(C)Cc2ccc(Cl)cc2)cc1. The van der Waals surface area contributed by atoms with Gasteiger partial charge in [0.15, 0.2) is 0 Å². The Hall–Kier alpha value is -2.00. The van der Waals surface area contributed by atoms with Crippen LogP contribution in [0.25, 0.3) is 0 Å². The smallest absolute Gasteiger partial charge is 0.253 e. The average molecular weight is 318 g/mol. The Morgan fingerprint density at radius 1 is 1.09 bits per heavy atom. The zero-order chi connectivity index (χ0) is 16.1. The largest absolute Gasteiger partial charge is 0.491 e. The Morgan fingerprint density at radius 2 is 1.68 bits per heavy atom. The minimum atomic E-state index is -0.0222. The molecule has 0 fully saturated rings. The van der Waals surface area contributed by atoms with Crippen LogP contribution in [0.15, 0.2) is 48.5 Å². The number of carbonyl (C=O) groups excluding carboxylic acids is 1. The van der Waals surface area contributed by atoms with E-state index in [4.69, 9.17) is 16.3 Å². The Kier molecular flexibility index (Phi) is 5.45. The lowest BCUT2D eigenvalue weighted by Crippen LogP contribution is -2.26. The molecule has 116 valence electrons. The fraction of sp³-hybridized carbons (Fsp3) is 0.278. The topological polar surface area (TPSA) is 29.5 Å². The van der Waals surface area contributed by atoms with E-state index in [1.807, 2.05) is 50.2 Å². The van der Waals surface area contributed by atoms with Gasteiger partial charge in [0.1, 0.15) is 5.75 Å². The lowest BCUT2D eigenvalue weighted by Gasteiger charge is -2.18. The molecule has 1 amide bonds. The molecule has 22 heavy (non-hydrogen) atoms. The fourth-order valence-electron chi connectivity index (χ4n) is 2.10. The van der Waals surface area contributed by atoms with Crippen LogP contribution in [0.3, 0.4) is 0 Å². The number of ether oxygens (including phenoxy) is 1. The van der Waals surface area contributed by atoms with Gasteiger partial charge in [-0.05, 0) is 55.8 Å². The van der Waals surface area contributed by atoms with E-state index in [-0.39, 0.29) is 12.0 Å². The number of hydrogen-bond donors (Lipinski definition) is 0. The number of benzene rings is 2. The summed E-state index contributed by atoms with van der Waals surface area (Å²) in [5.41, 5.74) is 1.69. The second kappa shape index (κ2) is 7.32. The molecule has 4 heteroatoms. The first-order valence-corrected chi connectivity index (χ1v) is 7.60. The molecular weight excluding hydrogens is 298 g/mol. The van der Waals surface area contributed by atoms with E-state index in [0.717, 1.165) is 11.3 Å². The van der Waals surface area contributed by atoms with Gasteiger partial charge in [0, 0.05) is 24.2 Å². The molecule has 0 spiro atoms. The third-order valence-corrected chi connectivity index (χ3v) is 3.40. The minimum absolute atomic E-state index is 0.0222. The van der Waals surface area contributed by atoms with Crippen LogP contribution < -0.4 is 4.74 Å². The molecule has 0 bridgehead atoms. The molecule has 0 atom stereocenters. The molecule has 0 saturated heterocycles. The van der Waals surface area contributed by atoms with Gasteiger partial charge in [-0.3, -0.25) is 4.79 Å². The number of hydrogen-bond acceptors (Lipinski definition) is 2. The van der Waals surface area contributed by atoms with Crippen LogP contribution in [0.1, 0.15) is 29.8 Å². The number of nitrogens with zero attached hydrogens (tertiary/aromatic N) is 1. The summed E-state index contributed by atoms with van der Waals surface area (Å²) < 4.78 is 5.58. The quantitative estimate of drug-likeness (QED) is 0.818. The summed E-state index contributed by atoms with van der Waals surface area (Å²) in [5.74, 6) is 0.748. The van der Waals surface area contributed by atoms with Crippen molar-refractivity contribution in [1.82, 2.24) is 4.90 Å². The summed E-state index contributed by atoms with van der Waals surface area (Å²) in [6, 6.07) is 14.7. The van der Waals surface area contributed by atoms with E-state index in [0.29, 0.717) is 17.1 Å². The average Bonchev–Trinajstić information content (AvgIpc) is 2.49. The maximum atomic E-state index is 12.4. The maximum Gasteiger partial charge on any atom is 0.253 e. The summed E-state index contributed by atoms with van der Waals surface area (Å²) >= 11 is 5.86. The summed E-state index contributed by atoms with van der Waals surface area (Å²) in [4.78, 5) is 14.1. The predicted molar refractivity (Wildman–Crippen MR) is 89.5 cm³/mol. The lowest BCUT2D eigenvalue weighted by molar-refractivity contribution is 0.0785. The van der Waals surface area contributed by atoms with Crippen molar-refractivity contribution in [3.8, 4) is 5.75 Å². The highest BCUT2D eigenvalue weighted by molar-refractivity contribution is 6.30. The van der Waals surface area contributed by atoms with Crippen molar-refractivity contribution in [2.45, 2.75) is 26.5 Å². The number of carbonyl (C=O) groups is 1. The van der Waals surface area contributed by atoms with Crippen LogP contribution in [0.5, 0.6) is 5.75 Å². The highest BCUT2D eigenvalue weighted by Crippen LogP contribution is 2.16. The molecule has 0 aromatic heterocycles. The van der Waals surface area contributed by atoms with E-state index in [1.54, 1.807) is 24.1 Å². The second-order valence-corrected chi connectivity index (χ2v) is 5.92. The van der Waals surface area contributed by atoms with E-state index < -0.39 is 0 Å². The van der Waals surface area contributed by atoms with Gasteiger partial charge in [-0.25, -0.2) is 0 Å². The van der Waals surface area contributed by atoms with Crippen LogP contribution in [-0.2, 0) is 6.54 Å². The van der Waals surface area contributed by atoms with Gasteiger partial charge in [0.25, 0.3) is 5.91 Å². The number of rotatable bonds is 5. The molecule has 0 N–H and O–H groups in total. The van der Waals surface area contributed by atoms with Crippen molar-refractivity contribution in [3.05, 3.63) is 64.7 Å². The first kappa shape index (κ1) is 16.4. The molecule has 2 aromatic rings. The Labute approximate surface area is 136 Å². The zero-order valence-corrected chi connectivity index (χ0v) is 13.8. The first-order valence-electron chi connectivity index (χ1n) is 7.22. The van der Waals surface area contributed by atoms with Crippen LogP contribution in [-0.4, -0.2) is 24.0 Å². The molecule has 3 nitrogen and oxygen atoms in total. The van der Waals surface area contributed by atoms with Gasteiger partial charge in [0.05, 0.1) is 6.10 Å². The summed E-state index contributed by atoms with van der Waals surface area (Å²) in [6.07, 6.45) is 0.120. The van der Waals surface area contributed by atoms with E-state index in [2.05, 4.69) is 0 Å². The van der Waals surface area contributed by atoms with Crippen LogP contribution >= 0.6 is 11.6 Å². The molecule has 0 unspecified atom stereocenters. The lowest BCUT2D eigenvalue weighted by atomic mass is 10.1. The van der Waals surface area contributed by atoms with Gasteiger partial charge in [-0.1, -0.05) is 23.7 Å². The van der Waals surface area contributed by atoms with Gasteiger partial charge in [-0.15, -0.1) is 0 Å². The van der Waals surface area contributed by atoms with E-state index in [1.165, 1.54) is 0 Å². The molecule has 0 radical (unpaired) electrons. The Balaban J connectivity index is 2.02. The predicted octanol–water partition coefficient (Wildman–Crippen LogP) is 4.40. The van der Waals surface area contributed by atoms with Crippen molar-refractivity contribution in [1.29, 1.82) is 0 Å². The standard InChI is InChI=1S/C18H20ClNO2/c1-13(2)22-17-10-6-15(7-11-17)18(21)20(3)12-14-4-8-16(19)9-5-14/h4-11,13H,12H2,1-3H3. The molecule has 0 aliphatic heterocycles. The van der Waals surface area contributed by atoms with Crippen molar-refractivity contribution >= 4 is 17.5 Å². The van der Waals surface area contributed by atoms with Crippen molar-refractivity contribution in [3.63, 3.8) is 0 Å². The van der Waals surface area contributed by atoms with Gasteiger partial charge in [0.2, 0.25) is 0 Å². The summed E-state index contributed by atoms with van der Waals surface area (Å²) in [7, 11) is 1.79. The Morgan fingerprint density at radius 3 is 2.23 bits per heavy atom. The summed E-state index contributed by atoms with van der Waals surface area (Å²) in [6.45, 7) is 4.48. The van der Waals surface area contributed by atoms with E-state index in [9.17, 15) is 4.79 Å². The normalized spacial score (nSPS) is 10.6. The van der Waals surface area contributed by atoms with Gasteiger partial charge >= 0.3 is 0 Å². The maximum absolute atomic E-state index is 12.4. The zero-order valence-electron chi connectivity index (χ0n) is 13.0. The summed E-state index contributed by atoms with van der Waals surface area (Å²) in [5, 5.41) is 0.693. The second-order valence-electron chi connectivity index (χ2n) is 5.48. The number of halogens is 1. The Bertz CT molecular complexity index is 621.